The molecule has 0 spiro atoms. The van der Waals surface area contributed by atoms with E-state index >= 15 is 0 Å². The summed E-state index contributed by atoms with van der Waals surface area (Å²) in [6.07, 6.45) is 0.0225. The Morgan fingerprint density at radius 2 is 1.86 bits per heavy atom. The van der Waals surface area contributed by atoms with Crippen LogP contribution in [0.2, 0.25) is 0 Å². The smallest absolute Gasteiger partial charge is 0.268 e. The molecule has 3 aromatic heterocycles. The van der Waals surface area contributed by atoms with Gasteiger partial charge in [0.2, 0.25) is 5.91 Å². The number of aromatic nitrogens is 4. The number of halogens is 1. The molecule has 5 aromatic rings. The van der Waals surface area contributed by atoms with Crippen molar-refractivity contribution in [2.24, 2.45) is 0 Å². The van der Waals surface area contributed by atoms with Crippen LogP contribution in [0.15, 0.2) is 64.8 Å². The van der Waals surface area contributed by atoms with E-state index in [4.69, 9.17) is 0 Å². The number of nitrogens with zero attached hydrogens (tertiary/aromatic N) is 4. The third-order valence-corrected chi connectivity index (χ3v) is 6.57. The fourth-order valence-corrected chi connectivity index (χ4v) is 4.92. The van der Waals surface area contributed by atoms with Crippen LogP contribution in [0.4, 0.5) is 10.1 Å². The van der Waals surface area contributed by atoms with Gasteiger partial charge in [-0.2, -0.15) is 5.10 Å². The summed E-state index contributed by atoms with van der Waals surface area (Å²) in [5.41, 5.74) is 4.68. The molecule has 0 atom stereocenters. The van der Waals surface area contributed by atoms with Gasteiger partial charge in [0, 0.05) is 22.5 Å². The molecule has 0 aliphatic rings. The average molecular weight is 488 g/mol. The van der Waals surface area contributed by atoms with E-state index in [9.17, 15) is 14.0 Å². The van der Waals surface area contributed by atoms with Crippen molar-refractivity contribution in [2.45, 2.75) is 27.2 Å². The Labute approximate surface area is 204 Å². The van der Waals surface area contributed by atoms with Crippen LogP contribution in [0, 0.1) is 26.6 Å². The highest BCUT2D eigenvalue weighted by molar-refractivity contribution is 7.15. The number of carbonyl (C=O) groups is 1. The molecule has 0 saturated heterocycles. The fraction of sp³-hybridized carbons (Fsp3) is 0.154. The van der Waals surface area contributed by atoms with Crippen LogP contribution in [0.5, 0.6) is 0 Å². The fourth-order valence-electron chi connectivity index (χ4n) is 4.00. The predicted molar refractivity (Wildman–Crippen MR) is 135 cm³/mol. The molecule has 0 fully saturated rings. The first-order valence-corrected chi connectivity index (χ1v) is 11.9. The lowest BCUT2D eigenvalue weighted by molar-refractivity contribution is -0.115. The largest absolute Gasteiger partial charge is 0.326 e. The van der Waals surface area contributed by atoms with Gasteiger partial charge in [0.05, 0.1) is 23.4 Å². The first-order chi connectivity index (χ1) is 16.8. The molecule has 7 nitrogen and oxygen atoms in total. The molecule has 9 heteroatoms. The molecule has 0 aliphatic heterocycles. The normalized spacial score (nSPS) is 11.2. The summed E-state index contributed by atoms with van der Waals surface area (Å²) >= 11 is 1.31. The zero-order valence-corrected chi connectivity index (χ0v) is 20.2. The van der Waals surface area contributed by atoms with E-state index in [1.807, 2.05) is 38.1 Å². The van der Waals surface area contributed by atoms with E-state index < -0.39 is 0 Å². The Bertz CT molecular complexity index is 1630. The van der Waals surface area contributed by atoms with Crippen molar-refractivity contribution < 1.29 is 9.18 Å². The molecule has 3 heterocycles. The standard InChI is InChI=1S/C26H22FN5O2S/c1-15-7-9-19(10-8-15)29-23(33)13-21-14-35-26-28-17(3)24(25(34)31(21)26)22-11-16(2)32(30-22)20-6-4-5-18(27)12-20/h4-12,14H,13H2,1-3H3,(H,29,33). The maximum Gasteiger partial charge on any atom is 0.268 e. The summed E-state index contributed by atoms with van der Waals surface area (Å²) < 4.78 is 16.8. The molecule has 35 heavy (non-hydrogen) atoms. The highest BCUT2D eigenvalue weighted by Crippen LogP contribution is 2.24. The minimum absolute atomic E-state index is 0.0225. The summed E-state index contributed by atoms with van der Waals surface area (Å²) in [7, 11) is 0. The summed E-state index contributed by atoms with van der Waals surface area (Å²) in [5.74, 6) is -0.598. The van der Waals surface area contributed by atoms with Gasteiger partial charge >= 0.3 is 0 Å². The second-order valence-corrected chi connectivity index (χ2v) is 9.21. The van der Waals surface area contributed by atoms with Crippen LogP contribution in [-0.4, -0.2) is 25.1 Å². The number of fused-ring (bicyclic) bond motifs is 1. The maximum absolute atomic E-state index is 13.7. The topological polar surface area (TPSA) is 81.3 Å². The van der Waals surface area contributed by atoms with E-state index in [0.717, 1.165) is 11.3 Å². The van der Waals surface area contributed by atoms with Crippen molar-refractivity contribution in [1.29, 1.82) is 0 Å². The molecule has 0 radical (unpaired) electrons. The molecule has 1 N–H and O–H groups in total. The van der Waals surface area contributed by atoms with Crippen LogP contribution < -0.4 is 10.9 Å². The van der Waals surface area contributed by atoms with Crippen molar-refractivity contribution in [3.8, 4) is 16.9 Å². The van der Waals surface area contributed by atoms with Gasteiger partial charge in [0.1, 0.15) is 11.5 Å². The van der Waals surface area contributed by atoms with Gasteiger partial charge < -0.3 is 5.32 Å². The van der Waals surface area contributed by atoms with E-state index in [-0.39, 0.29) is 23.7 Å². The summed E-state index contributed by atoms with van der Waals surface area (Å²) in [5, 5.41) is 9.22. The van der Waals surface area contributed by atoms with Gasteiger partial charge in [-0.3, -0.25) is 14.0 Å². The quantitative estimate of drug-likeness (QED) is 0.384. The zero-order valence-electron chi connectivity index (χ0n) is 19.4. The number of anilines is 1. The number of hydrogen-bond acceptors (Lipinski definition) is 5. The average Bonchev–Trinajstić information content (AvgIpc) is 3.38. The molecule has 5 rings (SSSR count). The summed E-state index contributed by atoms with van der Waals surface area (Å²) in [4.78, 5) is 31.4. The molecular weight excluding hydrogens is 465 g/mol. The minimum atomic E-state index is -0.370. The number of benzene rings is 2. The number of hydrogen-bond donors (Lipinski definition) is 1. The van der Waals surface area contributed by atoms with Gasteiger partial charge in [0.25, 0.3) is 5.56 Å². The summed E-state index contributed by atoms with van der Waals surface area (Å²) in [6, 6.07) is 15.4. The van der Waals surface area contributed by atoms with Gasteiger partial charge in [-0.25, -0.2) is 14.1 Å². The van der Waals surface area contributed by atoms with E-state index in [0.29, 0.717) is 39.0 Å². The van der Waals surface area contributed by atoms with Crippen molar-refractivity contribution in [3.05, 3.63) is 98.8 Å². The number of aryl methyl sites for hydroxylation is 3. The van der Waals surface area contributed by atoms with Crippen molar-refractivity contribution >= 4 is 27.9 Å². The van der Waals surface area contributed by atoms with Crippen LogP contribution in [-0.2, 0) is 11.2 Å². The number of rotatable bonds is 5. The van der Waals surface area contributed by atoms with Crippen LogP contribution in [0.3, 0.4) is 0 Å². The third-order valence-electron chi connectivity index (χ3n) is 5.69. The number of amides is 1. The van der Waals surface area contributed by atoms with Crippen molar-refractivity contribution in [1.82, 2.24) is 19.2 Å². The SMILES string of the molecule is Cc1ccc(NC(=O)Cc2csc3nc(C)c(-c4cc(C)n(-c5cccc(F)c5)n4)c(=O)n23)cc1. The molecule has 2 aromatic carbocycles. The third kappa shape index (κ3) is 4.38. The Hall–Kier alpha value is -4.11. The molecule has 0 bridgehead atoms. The lowest BCUT2D eigenvalue weighted by Crippen LogP contribution is -2.22. The molecular formula is C26H22FN5O2S. The second kappa shape index (κ2) is 8.92. The predicted octanol–water partition coefficient (Wildman–Crippen LogP) is 4.85. The molecule has 0 unspecified atom stereocenters. The van der Waals surface area contributed by atoms with Crippen molar-refractivity contribution in [2.75, 3.05) is 5.32 Å². The van der Waals surface area contributed by atoms with E-state index in [2.05, 4.69) is 15.4 Å². The molecule has 0 aliphatic carbocycles. The van der Waals surface area contributed by atoms with Crippen LogP contribution in [0.1, 0.15) is 22.6 Å². The first-order valence-electron chi connectivity index (χ1n) is 11.0. The van der Waals surface area contributed by atoms with E-state index in [1.165, 1.54) is 27.9 Å². The number of nitrogens with one attached hydrogen (secondary N) is 1. The van der Waals surface area contributed by atoms with Gasteiger partial charge in [-0.15, -0.1) is 11.3 Å². The van der Waals surface area contributed by atoms with Crippen LogP contribution in [0.25, 0.3) is 21.9 Å². The number of carbonyl (C=O) groups excluding carboxylic acids is 1. The lowest BCUT2D eigenvalue weighted by atomic mass is 10.1. The number of thiazole rings is 1. The maximum atomic E-state index is 13.7. The highest BCUT2D eigenvalue weighted by Gasteiger charge is 2.20. The van der Waals surface area contributed by atoms with Crippen molar-refractivity contribution in [3.63, 3.8) is 0 Å². The van der Waals surface area contributed by atoms with Gasteiger partial charge in [0.15, 0.2) is 4.96 Å². The Morgan fingerprint density at radius 3 is 2.60 bits per heavy atom. The van der Waals surface area contributed by atoms with E-state index in [1.54, 1.807) is 35.2 Å². The Morgan fingerprint density at radius 1 is 1.09 bits per heavy atom. The molecule has 0 saturated carbocycles. The van der Waals surface area contributed by atoms with Gasteiger partial charge in [-0.1, -0.05) is 23.8 Å². The Balaban J connectivity index is 1.52. The van der Waals surface area contributed by atoms with Gasteiger partial charge in [-0.05, 0) is 57.2 Å². The summed E-state index contributed by atoms with van der Waals surface area (Å²) in [6.45, 7) is 5.58. The highest BCUT2D eigenvalue weighted by atomic mass is 32.1. The Kier molecular flexibility index (Phi) is 5.78. The van der Waals surface area contributed by atoms with Crippen LogP contribution >= 0.6 is 11.3 Å². The molecule has 176 valence electrons. The second-order valence-electron chi connectivity index (χ2n) is 8.38. The zero-order chi connectivity index (χ0) is 24.7. The first kappa shape index (κ1) is 22.7. The monoisotopic (exact) mass is 487 g/mol. The minimum Gasteiger partial charge on any atom is -0.326 e. The molecule has 1 amide bonds. The lowest BCUT2D eigenvalue weighted by Gasteiger charge is -2.07.